The summed E-state index contributed by atoms with van der Waals surface area (Å²) in [5, 5.41) is 0. The van der Waals surface area contributed by atoms with Crippen molar-refractivity contribution in [3.8, 4) is 0 Å². The Labute approximate surface area is 71.6 Å². The summed E-state index contributed by atoms with van der Waals surface area (Å²) in [4.78, 5) is 2.28. The van der Waals surface area contributed by atoms with Gasteiger partial charge in [0.2, 0.25) is 0 Å². The summed E-state index contributed by atoms with van der Waals surface area (Å²) in [6.45, 7) is 5.80. The van der Waals surface area contributed by atoms with E-state index in [1.807, 2.05) is 0 Å². The van der Waals surface area contributed by atoms with Crippen molar-refractivity contribution in [2.75, 3.05) is 20.6 Å². The molecule has 0 bridgehead atoms. The van der Waals surface area contributed by atoms with E-state index in [0.29, 0.717) is 0 Å². The predicted octanol–water partition coefficient (Wildman–Crippen LogP) is 2.54. The molecule has 0 rings (SSSR count). The molecule has 0 aliphatic rings. The van der Waals surface area contributed by atoms with E-state index in [9.17, 15) is 0 Å². The predicted molar refractivity (Wildman–Crippen MR) is 52.3 cm³/mol. The Bertz CT molecular complexity index is 72.0. The number of nitrogens with zero attached hydrogens (tertiary/aromatic N) is 1. The highest BCUT2D eigenvalue weighted by Gasteiger charge is 2.04. The van der Waals surface area contributed by atoms with Gasteiger partial charge in [-0.05, 0) is 26.4 Å². The van der Waals surface area contributed by atoms with Crippen molar-refractivity contribution in [2.45, 2.75) is 33.1 Å². The molecule has 70 valence electrons. The smallest absolute Gasteiger partial charge is 0.000345 e. The second-order valence-electron chi connectivity index (χ2n) is 3.33. The molecule has 1 unspecified atom stereocenters. The first-order valence-electron chi connectivity index (χ1n) is 4.35. The average molecular weight is 160 g/mol. The summed E-state index contributed by atoms with van der Waals surface area (Å²) >= 11 is 0. The van der Waals surface area contributed by atoms with Gasteiger partial charge >= 0.3 is 0 Å². The van der Waals surface area contributed by atoms with Crippen molar-refractivity contribution >= 4 is 0 Å². The van der Waals surface area contributed by atoms with Gasteiger partial charge in [-0.15, -0.1) is 0 Å². The molecular weight excluding hydrogens is 136 g/mol. The minimum atomic E-state index is 0. The molecule has 0 amide bonds. The van der Waals surface area contributed by atoms with E-state index in [2.05, 4.69) is 32.8 Å². The van der Waals surface area contributed by atoms with Crippen LogP contribution in [0.4, 0.5) is 0 Å². The van der Waals surface area contributed by atoms with Crippen LogP contribution in [-0.4, -0.2) is 25.5 Å². The SMILES string of the molecule is CCCC(CC)CN(C)C.N. The Hall–Kier alpha value is -0.0800. The van der Waals surface area contributed by atoms with Crippen LogP contribution in [0.15, 0.2) is 0 Å². The summed E-state index contributed by atoms with van der Waals surface area (Å²) in [5.74, 6) is 0.917. The molecule has 0 aromatic carbocycles. The first kappa shape index (κ1) is 13.5. The molecule has 0 aliphatic carbocycles. The van der Waals surface area contributed by atoms with Gasteiger partial charge in [-0.3, -0.25) is 0 Å². The van der Waals surface area contributed by atoms with Crippen LogP contribution in [0.5, 0.6) is 0 Å². The summed E-state index contributed by atoms with van der Waals surface area (Å²) < 4.78 is 0. The standard InChI is InChI=1S/C9H21N.H3N/c1-5-7-9(6-2)8-10(3)4;/h9H,5-8H2,1-4H3;1H3. The Kier molecular flexibility index (Phi) is 9.85. The molecule has 0 fully saturated rings. The average Bonchev–Trinajstić information content (AvgIpc) is 1.86. The molecule has 0 aromatic heterocycles. The van der Waals surface area contributed by atoms with Gasteiger partial charge in [0.25, 0.3) is 0 Å². The molecule has 0 saturated carbocycles. The van der Waals surface area contributed by atoms with Gasteiger partial charge in [0, 0.05) is 6.54 Å². The summed E-state index contributed by atoms with van der Waals surface area (Å²) in [6.07, 6.45) is 4.03. The Morgan fingerprint density at radius 3 is 2.00 bits per heavy atom. The fraction of sp³-hybridized carbons (Fsp3) is 1.00. The molecular formula is C9H24N2. The molecule has 0 aromatic rings. The highest BCUT2D eigenvalue weighted by atomic mass is 15.1. The molecule has 0 aliphatic heterocycles. The highest BCUT2D eigenvalue weighted by molar-refractivity contribution is 4.58. The molecule has 2 nitrogen and oxygen atoms in total. The van der Waals surface area contributed by atoms with Crippen LogP contribution in [-0.2, 0) is 0 Å². The van der Waals surface area contributed by atoms with Crippen LogP contribution in [0, 0.1) is 5.92 Å². The molecule has 2 heteroatoms. The molecule has 1 atom stereocenters. The molecule has 11 heavy (non-hydrogen) atoms. The zero-order chi connectivity index (χ0) is 7.98. The first-order valence-corrected chi connectivity index (χ1v) is 4.35. The highest BCUT2D eigenvalue weighted by Crippen LogP contribution is 2.10. The fourth-order valence-corrected chi connectivity index (χ4v) is 1.35. The first-order chi connectivity index (χ1) is 4.70. The monoisotopic (exact) mass is 160 g/mol. The van der Waals surface area contributed by atoms with Crippen LogP contribution >= 0.6 is 0 Å². The second-order valence-corrected chi connectivity index (χ2v) is 3.33. The lowest BCUT2D eigenvalue weighted by Gasteiger charge is -2.18. The number of hydrogen-bond acceptors (Lipinski definition) is 2. The lowest BCUT2D eigenvalue weighted by Crippen LogP contribution is -2.20. The minimum absolute atomic E-state index is 0. The van der Waals surface area contributed by atoms with Crippen LogP contribution in [0.1, 0.15) is 33.1 Å². The Morgan fingerprint density at radius 1 is 1.18 bits per heavy atom. The van der Waals surface area contributed by atoms with E-state index in [1.165, 1.54) is 25.8 Å². The molecule has 0 spiro atoms. The molecule has 0 radical (unpaired) electrons. The molecule has 0 saturated heterocycles. The van der Waals surface area contributed by atoms with Crippen LogP contribution < -0.4 is 6.15 Å². The summed E-state index contributed by atoms with van der Waals surface area (Å²) in [5.41, 5.74) is 0. The normalized spacial score (nSPS) is 12.8. The van der Waals surface area contributed by atoms with E-state index < -0.39 is 0 Å². The van der Waals surface area contributed by atoms with Crippen LogP contribution in [0.2, 0.25) is 0 Å². The number of rotatable bonds is 5. The second kappa shape index (κ2) is 8.02. The molecule has 0 heterocycles. The fourth-order valence-electron chi connectivity index (χ4n) is 1.35. The van der Waals surface area contributed by atoms with E-state index in [0.717, 1.165) is 5.92 Å². The van der Waals surface area contributed by atoms with Crippen LogP contribution in [0.25, 0.3) is 0 Å². The minimum Gasteiger partial charge on any atom is -0.344 e. The van der Waals surface area contributed by atoms with E-state index in [4.69, 9.17) is 0 Å². The van der Waals surface area contributed by atoms with Gasteiger partial charge in [0.15, 0.2) is 0 Å². The van der Waals surface area contributed by atoms with Gasteiger partial charge < -0.3 is 11.1 Å². The van der Waals surface area contributed by atoms with Crippen molar-refractivity contribution in [1.82, 2.24) is 11.1 Å². The lowest BCUT2D eigenvalue weighted by molar-refractivity contribution is 0.304. The van der Waals surface area contributed by atoms with Crippen molar-refractivity contribution in [3.05, 3.63) is 0 Å². The maximum absolute atomic E-state index is 2.28. The third kappa shape index (κ3) is 7.82. The van der Waals surface area contributed by atoms with Gasteiger partial charge in [-0.25, -0.2) is 0 Å². The lowest BCUT2D eigenvalue weighted by atomic mass is 10.0. The Balaban J connectivity index is 0. The van der Waals surface area contributed by atoms with Crippen molar-refractivity contribution < 1.29 is 0 Å². The van der Waals surface area contributed by atoms with Crippen molar-refractivity contribution in [2.24, 2.45) is 5.92 Å². The van der Waals surface area contributed by atoms with E-state index in [-0.39, 0.29) is 6.15 Å². The zero-order valence-electron chi connectivity index (χ0n) is 8.56. The summed E-state index contributed by atoms with van der Waals surface area (Å²) in [6, 6.07) is 0. The number of hydrogen-bond donors (Lipinski definition) is 1. The quantitative estimate of drug-likeness (QED) is 0.671. The van der Waals surface area contributed by atoms with E-state index in [1.54, 1.807) is 0 Å². The van der Waals surface area contributed by atoms with Crippen molar-refractivity contribution in [1.29, 1.82) is 0 Å². The zero-order valence-corrected chi connectivity index (χ0v) is 8.56. The third-order valence-electron chi connectivity index (χ3n) is 1.90. The maximum Gasteiger partial charge on any atom is 0.000345 e. The third-order valence-corrected chi connectivity index (χ3v) is 1.90. The van der Waals surface area contributed by atoms with E-state index >= 15 is 0 Å². The molecule has 3 N–H and O–H groups in total. The van der Waals surface area contributed by atoms with Crippen molar-refractivity contribution in [3.63, 3.8) is 0 Å². The van der Waals surface area contributed by atoms with Gasteiger partial charge in [0.05, 0.1) is 0 Å². The summed E-state index contributed by atoms with van der Waals surface area (Å²) in [7, 11) is 4.30. The largest absolute Gasteiger partial charge is 0.344 e. The van der Waals surface area contributed by atoms with Gasteiger partial charge in [0.1, 0.15) is 0 Å². The van der Waals surface area contributed by atoms with Gasteiger partial charge in [-0.2, -0.15) is 0 Å². The Morgan fingerprint density at radius 2 is 1.73 bits per heavy atom. The maximum atomic E-state index is 2.28. The topological polar surface area (TPSA) is 38.2 Å². The van der Waals surface area contributed by atoms with Gasteiger partial charge in [-0.1, -0.05) is 26.7 Å². The van der Waals surface area contributed by atoms with Crippen LogP contribution in [0.3, 0.4) is 0 Å².